The quantitative estimate of drug-likeness (QED) is 0.0323. The maximum atomic E-state index is 11.5. The molecule has 6 N–H and O–H groups in total. The summed E-state index contributed by atoms with van der Waals surface area (Å²) >= 11 is 0. The van der Waals surface area contributed by atoms with E-state index in [0.717, 1.165) is 6.07 Å². The first kappa shape index (κ1) is 31.3. The molecule has 0 bridgehead atoms. The minimum absolute atomic E-state index is 0. The molecule has 5 rings (SSSR count). The number of phenols is 2. The van der Waals surface area contributed by atoms with E-state index in [1.807, 2.05) is 0 Å². The number of azo groups is 2. The maximum Gasteiger partial charge on any atom is 0.294 e. The van der Waals surface area contributed by atoms with Crippen LogP contribution in [0, 0.1) is 0 Å². The molecule has 0 aromatic heterocycles. The van der Waals surface area contributed by atoms with Gasteiger partial charge in [-0.05, 0) is 90.3 Å². The van der Waals surface area contributed by atoms with Crippen molar-refractivity contribution in [3.8, 4) is 11.5 Å². The van der Waals surface area contributed by atoms with Gasteiger partial charge in [0.25, 0.3) is 10.1 Å². The number of aromatic hydroxyl groups is 2. The average Bonchev–Trinajstić information content (AvgIpc) is 2.97. The number of aliphatic hydroxyl groups is 1. The van der Waals surface area contributed by atoms with Crippen molar-refractivity contribution in [2.24, 2.45) is 25.4 Å². The van der Waals surface area contributed by atoms with Crippen LogP contribution >= 0.6 is 0 Å². The third kappa shape index (κ3) is 7.60. The molecule has 14 heteroatoms. The largest absolute Gasteiger partial charge is 0.508 e. The number of fused-ring (bicyclic) bond motifs is 1. The Morgan fingerprint density at radius 2 is 1.19 bits per heavy atom. The number of hydrogen-bond acceptors (Lipinski definition) is 10. The van der Waals surface area contributed by atoms with Gasteiger partial charge in [0.05, 0.1) is 38.7 Å². The SMILES string of the molecule is Nc1ccc2cc(S(=O)(=O)O)cc(O)c2c1N=Nc1ccc(C(O)=Nc2ccc(N=Nc3ccc(O)cc3)cc2)cc1.[Na]. The summed E-state index contributed by atoms with van der Waals surface area (Å²) in [6, 6.07) is 24.5. The molecule has 0 aliphatic heterocycles. The van der Waals surface area contributed by atoms with Crippen molar-refractivity contribution in [2.45, 2.75) is 4.90 Å². The van der Waals surface area contributed by atoms with E-state index in [1.54, 1.807) is 60.7 Å². The molecule has 0 aliphatic carbocycles. The molecular formula is C29H22N6NaO6S. The number of aliphatic hydroxyl groups excluding tert-OH is 1. The number of anilines is 1. The van der Waals surface area contributed by atoms with Gasteiger partial charge in [-0.15, -0.1) is 5.11 Å². The van der Waals surface area contributed by atoms with Gasteiger partial charge in [0.2, 0.25) is 5.90 Å². The van der Waals surface area contributed by atoms with Crippen LogP contribution in [0.1, 0.15) is 5.56 Å². The van der Waals surface area contributed by atoms with Gasteiger partial charge in [-0.25, -0.2) is 4.99 Å². The van der Waals surface area contributed by atoms with Crippen LogP contribution in [-0.4, -0.2) is 63.7 Å². The van der Waals surface area contributed by atoms with E-state index in [4.69, 9.17) is 5.73 Å². The van der Waals surface area contributed by atoms with Gasteiger partial charge >= 0.3 is 0 Å². The second-order valence-corrected chi connectivity index (χ2v) is 10.4. The zero-order valence-electron chi connectivity index (χ0n) is 22.6. The maximum absolute atomic E-state index is 11.5. The van der Waals surface area contributed by atoms with Gasteiger partial charge in [-0.2, -0.15) is 23.8 Å². The Morgan fingerprint density at radius 1 is 0.674 bits per heavy atom. The minimum Gasteiger partial charge on any atom is -0.508 e. The summed E-state index contributed by atoms with van der Waals surface area (Å²) in [5, 5.41) is 47.3. The molecule has 5 aromatic rings. The van der Waals surface area contributed by atoms with Crippen LogP contribution in [0.4, 0.5) is 34.1 Å². The first-order valence-electron chi connectivity index (χ1n) is 12.2. The monoisotopic (exact) mass is 605 g/mol. The van der Waals surface area contributed by atoms with Crippen LogP contribution < -0.4 is 5.73 Å². The molecule has 0 amide bonds. The second-order valence-electron chi connectivity index (χ2n) is 8.93. The van der Waals surface area contributed by atoms with E-state index in [9.17, 15) is 28.3 Å². The zero-order chi connectivity index (χ0) is 29.9. The summed E-state index contributed by atoms with van der Waals surface area (Å²) in [4.78, 5) is 3.75. The molecule has 12 nitrogen and oxygen atoms in total. The first-order valence-corrected chi connectivity index (χ1v) is 13.6. The van der Waals surface area contributed by atoms with E-state index in [-0.39, 0.29) is 63.4 Å². The summed E-state index contributed by atoms with van der Waals surface area (Å²) in [5.41, 5.74) is 8.82. The van der Waals surface area contributed by atoms with Crippen molar-refractivity contribution in [1.82, 2.24) is 0 Å². The summed E-state index contributed by atoms with van der Waals surface area (Å²) in [6.45, 7) is 0. The van der Waals surface area contributed by atoms with E-state index in [2.05, 4.69) is 25.4 Å². The first-order chi connectivity index (χ1) is 20.1. The molecule has 0 unspecified atom stereocenters. The molecule has 0 spiro atoms. The van der Waals surface area contributed by atoms with Gasteiger partial charge in [0.15, 0.2) is 0 Å². The van der Waals surface area contributed by atoms with Crippen molar-refractivity contribution in [2.75, 3.05) is 5.73 Å². The standard InChI is InChI=1S/C29H22N6O6S.Na/c30-25-14-3-18-15-24(42(39,40)41)16-26(37)27(18)28(25)35-34-20-4-1-17(2-5-20)29(38)31-19-6-8-21(9-7-19)32-33-22-10-12-23(36)13-11-22;/h1-16,36-37H,30H2,(H,31,38)(H,39,40,41);. The Labute approximate surface area is 267 Å². The van der Waals surface area contributed by atoms with Gasteiger partial charge in [0.1, 0.15) is 17.2 Å². The van der Waals surface area contributed by atoms with Crippen LogP contribution in [0.5, 0.6) is 11.5 Å². The van der Waals surface area contributed by atoms with Gasteiger partial charge in [0, 0.05) is 41.2 Å². The molecule has 0 fully saturated rings. The number of hydrogen-bond donors (Lipinski definition) is 5. The van der Waals surface area contributed by atoms with Gasteiger partial charge < -0.3 is 21.1 Å². The summed E-state index contributed by atoms with van der Waals surface area (Å²) in [7, 11) is -4.53. The fourth-order valence-corrected chi connectivity index (χ4v) is 4.41. The van der Waals surface area contributed by atoms with Gasteiger partial charge in [-0.1, -0.05) is 6.07 Å². The molecule has 0 saturated heterocycles. The Hall–Kier alpha value is -4.66. The topological polar surface area (TPSA) is 203 Å². The van der Waals surface area contributed by atoms with Crippen LogP contribution in [0.25, 0.3) is 10.8 Å². The van der Waals surface area contributed by atoms with E-state index in [1.165, 1.54) is 30.3 Å². The number of nitrogen functional groups attached to an aromatic ring is 1. The van der Waals surface area contributed by atoms with E-state index >= 15 is 0 Å². The summed E-state index contributed by atoms with van der Waals surface area (Å²) < 4.78 is 32.3. The predicted molar refractivity (Wildman–Crippen MR) is 164 cm³/mol. The number of nitrogens with zero attached hydrogens (tertiary/aromatic N) is 5. The van der Waals surface area contributed by atoms with Crippen molar-refractivity contribution >= 4 is 90.5 Å². The molecule has 5 aromatic carbocycles. The number of rotatable bonds is 7. The van der Waals surface area contributed by atoms with Crippen LogP contribution in [0.15, 0.2) is 127 Å². The molecule has 0 atom stereocenters. The predicted octanol–water partition coefficient (Wildman–Crippen LogP) is 7.17. The van der Waals surface area contributed by atoms with Crippen LogP contribution in [0.3, 0.4) is 0 Å². The fourth-order valence-electron chi connectivity index (χ4n) is 3.87. The van der Waals surface area contributed by atoms with Gasteiger partial charge in [-0.3, -0.25) is 4.55 Å². The van der Waals surface area contributed by atoms with Crippen molar-refractivity contribution in [1.29, 1.82) is 0 Å². The normalized spacial score (nSPS) is 12.2. The number of nitrogens with two attached hydrogens (primary N) is 1. The smallest absolute Gasteiger partial charge is 0.294 e. The molecular weight excluding hydrogens is 583 g/mol. The number of aliphatic imine (C=N–C) groups is 1. The van der Waals surface area contributed by atoms with E-state index < -0.39 is 20.8 Å². The third-order valence-corrected chi connectivity index (χ3v) is 6.81. The van der Waals surface area contributed by atoms with Crippen LogP contribution in [-0.2, 0) is 10.1 Å². The van der Waals surface area contributed by atoms with E-state index in [0.29, 0.717) is 28.3 Å². The zero-order valence-corrected chi connectivity index (χ0v) is 25.4. The number of benzene rings is 5. The van der Waals surface area contributed by atoms with Crippen molar-refractivity contribution in [3.63, 3.8) is 0 Å². The molecule has 1 radical (unpaired) electrons. The fraction of sp³-hybridized carbons (Fsp3) is 0. The summed E-state index contributed by atoms with van der Waals surface area (Å²) in [6.07, 6.45) is 0. The minimum atomic E-state index is -4.53. The second kappa shape index (κ2) is 13.1. The Balaban J connectivity index is 0.00000423. The average molecular weight is 606 g/mol. The van der Waals surface area contributed by atoms with Crippen molar-refractivity contribution < 1.29 is 28.3 Å². The van der Waals surface area contributed by atoms with Crippen molar-refractivity contribution in [3.05, 3.63) is 103 Å². The summed E-state index contributed by atoms with van der Waals surface area (Å²) in [5.74, 6) is -0.524. The Morgan fingerprint density at radius 3 is 1.77 bits per heavy atom. The Kier molecular flexibility index (Phi) is 9.53. The molecule has 0 aliphatic rings. The molecule has 211 valence electrons. The molecule has 43 heavy (non-hydrogen) atoms. The Bertz CT molecular complexity index is 1980. The number of phenolic OH excluding ortho intramolecular Hbond substituents is 2. The molecule has 0 heterocycles. The third-order valence-electron chi connectivity index (χ3n) is 5.98. The van der Waals surface area contributed by atoms with Crippen LogP contribution in [0.2, 0.25) is 0 Å². The molecule has 0 saturated carbocycles.